The molecule has 0 N–H and O–H groups in total. The molecule has 1 rings (SSSR count). The van der Waals surface area contributed by atoms with Gasteiger partial charge in [-0.2, -0.15) is 8.42 Å². The average molecular weight is 233 g/mol. The molecule has 0 aliphatic rings. The van der Waals surface area contributed by atoms with Crippen LogP contribution in [-0.2, 0) is 14.3 Å². The topological polar surface area (TPSA) is 56.3 Å². The van der Waals surface area contributed by atoms with Gasteiger partial charge in [-0.05, 0) is 26.0 Å². The smallest absolute Gasteiger partial charge is 0.261 e. The molecule has 0 spiro atoms. The second-order valence-corrected chi connectivity index (χ2v) is 4.85. The van der Waals surface area contributed by atoms with Crippen LogP contribution in [0.2, 0.25) is 0 Å². The molecule has 1 aromatic heterocycles. The maximum atomic E-state index is 12.9. The van der Waals surface area contributed by atoms with Crippen LogP contribution in [0.1, 0.15) is 24.4 Å². The fourth-order valence-electron chi connectivity index (χ4n) is 1.10. The molecule has 1 unspecified atom stereocenters. The number of aryl methyl sites for hydroxylation is 1. The number of nitrogens with zero attached hydrogens (tertiary/aromatic N) is 1. The van der Waals surface area contributed by atoms with E-state index >= 15 is 0 Å². The summed E-state index contributed by atoms with van der Waals surface area (Å²) in [5.74, 6) is -0.426. The summed E-state index contributed by atoms with van der Waals surface area (Å²) in [6.07, 6.45) is 0.249. The van der Waals surface area contributed by atoms with E-state index in [0.29, 0.717) is 5.69 Å². The van der Waals surface area contributed by atoms with Crippen LogP contribution in [0.3, 0.4) is 0 Å². The average Bonchev–Trinajstić information content (AvgIpc) is 2.06. The second-order valence-electron chi connectivity index (χ2n) is 3.25. The maximum absolute atomic E-state index is 12.9. The SMILES string of the molecule is Cc1nc(C(C)OS(C)(=O)=O)ccc1F. The maximum Gasteiger partial charge on any atom is 0.265 e. The van der Waals surface area contributed by atoms with E-state index in [1.807, 2.05) is 0 Å². The zero-order valence-electron chi connectivity index (χ0n) is 8.69. The van der Waals surface area contributed by atoms with Crippen molar-refractivity contribution in [3.05, 3.63) is 29.3 Å². The van der Waals surface area contributed by atoms with E-state index in [1.165, 1.54) is 19.1 Å². The number of halogens is 1. The van der Waals surface area contributed by atoms with Gasteiger partial charge >= 0.3 is 0 Å². The van der Waals surface area contributed by atoms with E-state index in [9.17, 15) is 12.8 Å². The Morgan fingerprint density at radius 1 is 1.47 bits per heavy atom. The minimum absolute atomic E-state index is 0.219. The van der Waals surface area contributed by atoms with Gasteiger partial charge in [0, 0.05) is 0 Å². The summed E-state index contributed by atoms with van der Waals surface area (Å²) in [6.45, 7) is 3.05. The fraction of sp³-hybridized carbons (Fsp3) is 0.444. The lowest BCUT2D eigenvalue weighted by Crippen LogP contribution is -2.09. The van der Waals surface area contributed by atoms with E-state index in [0.717, 1.165) is 6.26 Å². The highest BCUT2D eigenvalue weighted by Gasteiger charge is 2.14. The third-order valence-corrected chi connectivity index (χ3v) is 2.42. The van der Waals surface area contributed by atoms with Crippen molar-refractivity contribution >= 4 is 10.1 Å². The molecule has 0 aliphatic carbocycles. The number of hydrogen-bond donors (Lipinski definition) is 0. The zero-order chi connectivity index (χ0) is 11.6. The van der Waals surface area contributed by atoms with Crippen molar-refractivity contribution in [3.63, 3.8) is 0 Å². The number of hydrogen-bond acceptors (Lipinski definition) is 4. The molecule has 15 heavy (non-hydrogen) atoms. The molecule has 6 heteroatoms. The van der Waals surface area contributed by atoms with Crippen LogP contribution in [0, 0.1) is 12.7 Å². The third kappa shape index (κ3) is 3.56. The van der Waals surface area contributed by atoms with Gasteiger partial charge in [-0.3, -0.25) is 9.17 Å². The molecule has 0 fully saturated rings. The first-order chi connectivity index (χ1) is 6.79. The summed E-state index contributed by atoms with van der Waals surface area (Å²) in [6, 6.07) is 2.64. The zero-order valence-corrected chi connectivity index (χ0v) is 9.51. The Hall–Kier alpha value is -1.01. The molecule has 0 radical (unpaired) electrons. The highest BCUT2D eigenvalue weighted by molar-refractivity contribution is 7.86. The molecule has 0 aliphatic heterocycles. The molecule has 0 amide bonds. The molecule has 4 nitrogen and oxygen atoms in total. The Morgan fingerprint density at radius 3 is 2.53 bits per heavy atom. The Morgan fingerprint density at radius 2 is 2.07 bits per heavy atom. The van der Waals surface area contributed by atoms with Crippen LogP contribution in [0.5, 0.6) is 0 Å². The van der Waals surface area contributed by atoms with Crippen molar-refractivity contribution in [1.29, 1.82) is 0 Å². The summed E-state index contributed by atoms with van der Waals surface area (Å²) >= 11 is 0. The van der Waals surface area contributed by atoms with Crippen LogP contribution in [-0.4, -0.2) is 19.7 Å². The standard InChI is InChI=1S/C9H12FNO3S/c1-6-8(10)4-5-9(11-6)7(2)14-15(3,12)13/h4-5,7H,1-3H3. The van der Waals surface area contributed by atoms with Crippen LogP contribution in [0.15, 0.2) is 12.1 Å². The molecule has 0 saturated heterocycles. The van der Waals surface area contributed by atoms with Gasteiger partial charge in [0.05, 0.1) is 17.6 Å². The summed E-state index contributed by atoms with van der Waals surface area (Å²) < 4.78 is 39.3. The highest BCUT2D eigenvalue weighted by atomic mass is 32.2. The van der Waals surface area contributed by atoms with Crippen molar-refractivity contribution in [2.75, 3.05) is 6.26 Å². The van der Waals surface area contributed by atoms with Gasteiger partial charge in [-0.1, -0.05) is 0 Å². The van der Waals surface area contributed by atoms with Crippen molar-refractivity contribution < 1.29 is 17.0 Å². The first kappa shape index (κ1) is 12.1. The van der Waals surface area contributed by atoms with E-state index in [2.05, 4.69) is 4.98 Å². The van der Waals surface area contributed by atoms with Crippen molar-refractivity contribution in [2.45, 2.75) is 20.0 Å². The fourth-order valence-corrected chi connectivity index (χ4v) is 1.72. The Kier molecular flexibility index (Phi) is 3.41. The number of aromatic nitrogens is 1. The molecule has 1 aromatic rings. The lowest BCUT2D eigenvalue weighted by molar-refractivity contribution is 0.231. The summed E-state index contributed by atoms with van der Waals surface area (Å²) in [4.78, 5) is 3.89. The van der Waals surface area contributed by atoms with Crippen molar-refractivity contribution in [1.82, 2.24) is 4.98 Å². The molecule has 84 valence electrons. The van der Waals surface area contributed by atoms with Gasteiger partial charge in [0.25, 0.3) is 10.1 Å². The lowest BCUT2D eigenvalue weighted by atomic mass is 10.2. The normalized spacial score (nSPS) is 13.9. The Labute approximate surface area is 88.2 Å². The van der Waals surface area contributed by atoms with E-state index < -0.39 is 22.0 Å². The van der Waals surface area contributed by atoms with Gasteiger partial charge < -0.3 is 0 Å². The van der Waals surface area contributed by atoms with Crippen LogP contribution < -0.4 is 0 Å². The van der Waals surface area contributed by atoms with Gasteiger partial charge in [0.2, 0.25) is 0 Å². The number of pyridine rings is 1. The molecular formula is C9H12FNO3S. The van der Waals surface area contributed by atoms with Gasteiger partial charge in [0.15, 0.2) is 0 Å². The van der Waals surface area contributed by atoms with Gasteiger partial charge in [0.1, 0.15) is 11.9 Å². The van der Waals surface area contributed by atoms with Crippen molar-refractivity contribution in [3.8, 4) is 0 Å². The highest BCUT2D eigenvalue weighted by Crippen LogP contribution is 2.17. The molecular weight excluding hydrogens is 221 g/mol. The quantitative estimate of drug-likeness (QED) is 0.743. The predicted octanol–water partition coefficient (Wildman–Crippen LogP) is 1.57. The first-order valence-electron chi connectivity index (χ1n) is 4.31. The molecule has 1 heterocycles. The Balaban J connectivity index is 2.92. The van der Waals surface area contributed by atoms with E-state index in [4.69, 9.17) is 4.18 Å². The van der Waals surface area contributed by atoms with Crippen LogP contribution in [0.25, 0.3) is 0 Å². The molecule has 0 aromatic carbocycles. The predicted molar refractivity (Wildman–Crippen MR) is 53.3 cm³/mol. The molecule has 0 bridgehead atoms. The first-order valence-corrected chi connectivity index (χ1v) is 6.12. The number of rotatable bonds is 3. The lowest BCUT2D eigenvalue weighted by Gasteiger charge is -2.10. The van der Waals surface area contributed by atoms with Crippen molar-refractivity contribution in [2.24, 2.45) is 0 Å². The monoisotopic (exact) mass is 233 g/mol. The minimum atomic E-state index is -3.53. The summed E-state index contributed by atoms with van der Waals surface area (Å²) in [5.41, 5.74) is 0.607. The van der Waals surface area contributed by atoms with E-state index in [1.54, 1.807) is 6.92 Å². The van der Waals surface area contributed by atoms with E-state index in [-0.39, 0.29) is 5.69 Å². The molecule has 0 saturated carbocycles. The van der Waals surface area contributed by atoms with Crippen LogP contribution >= 0.6 is 0 Å². The largest absolute Gasteiger partial charge is 0.265 e. The second kappa shape index (κ2) is 4.24. The van der Waals surface area contributed by atoms with Crippen LogP contribution in [0.4, 0.5) is 4.39 Å². The Bertz CT molecular complexity index is 458. The van der Waals surface area contributed by atoms with Gasteiger partial charge in [-0.15, -0.1) is 0 Å². The minimum Gasteiger partial charge on any atom is -0.261 e. The van der Waals surface area contributed by atoms with Gasteiger partial charge in [-0.25, -0.2) is 4.39 Å². The summed E-state index contributed by atoms with van der Waals surface area (Å²) in [5, 5.41) is 0. The third-order valence-electron chi connectivity index (χ3n) is 1.78. The molecule has 1 atom stereocenters. The summed E-state index contributed by atoms with van der Waals surface area (Å²) in [7, 11) is -3.53.